The molecule has 0 aliphatic carbocycles. The van der Waals surface area contributed by atoms with Crippen molar-refractivity contribution in [1.29, 1.82) is 5.41 Å². The van der Waals surface area contributed by atoms with Crippen molar-refractivity contribution in [3.05, 3.63) is 36.2 Å². The largest absolute Gasteiger partial charge is 0.404 e. The van der Waals surface area contributed by atoms with Crippen LogP contribution in [0, 0.1) is 5.41 Å². The second kappa shape index (κ2) is 12.0. The third-order valence-electron chi connectivity index (χ3n) is 5.89. The van der Waals surface area contributed by atoms with Crippen LogP contribution in [-0.2, 0) is 4.74 Å². The summed E-state index contributed by atoms with van der Waals surface area (Å²) in [5.74, 6) is 0.463. The third kappa shape index (κ3) is 6.62. The molecule has 34 heavy (non-hydrogen) atoms. The van der Waals surface area contributed by atoms with Crippen molar-refractivity contribution in [2.45, 2.75) is 38.2 Å². The molecule has 2 aliphatic heterocycles. The van der Waals surface area contributed by atoms with Crippen molar-refractivity contribution >= 4 is 50.6 Å². The second-order valence-corrected chi connectivity index (χ2v) is 9.47. The lowest BCUT2D eigenvalue weighted by Gasteiger charge is -2.12. The number of aromatic nitrogens is 2. The molecule has 0 saturated carbocycles. The van der Waals surface area contributed by atoms with Crippen molar-refractivity contribution in [3.63, 3.8) is 0 Å². The summed E-state index contributed by atoms with van der Waals surface area (Å²) in [6, 6.07) is 5.54. The Bertz CT molecular complexity index is 1090. The molecule has 0 radical (unpaired) electrons. The summed E-state index contributed by atoms with van der Waals surface area (Å²) >= 11 is 1.11. The molecule has 2 aliphatic rings. The van der Waals surface area contributed by atoms with Crippen LogP contribution >= 0.6 is 11.8 Å². The highest BCUT2D eigenvalue weighted by molar-refractivity contribution is 8.26. The number of rotatable bonds is 8. The maximum atomic E-state index is 8.15. The van der Waals surface area contributed by atoms with Crippen LogP contribution in [-0.4, -0.2) is 70.2 Å². The monoisotopic (exact) mass is 480 g/mol. The number of amidine groups is 1. The molecule has 10 heteroatoms. The molecule has 180 valence electrons. The minimum absolute atomic E-state index is 0.182. The van der Waals surface area contributed by atoms with Crippen LogP contribution in [0.4, 0.5) is 5.82 Å². The summed E-state index contributed by atoms with van der Waals surface area (Å²) in [4.78, 5) is 20.5. The Morgan fingerprint density at radius 2 is 2.12 bits per heavy atom. The highest BCUT2D eigenvalue weighted by Crippen LogP contribution is 2.23. The fourth-order valence-corrected chi connectivity index (χ4v) is 4.76. The van der Waals surface area contributed by atoms with Gasteiger partial charge in [0.05, 0.1) is 11.0 Å². The molecule has 1 unspecified atom stereocenters. The molecular formula is C24H32N8OS. The number of thioether (sulfide) groups is 1. The van der Waals surface area contributed by atoms with E-state index in [-0.39, 0.29) is 11.3 Å². The number of nitrogens with two attached hydrogens (primary N) is 2. The van der Waals surface area contributed by atoms with Gasteiger partial charge in [-0.15, -0.1) is 0 Å². The Morgan fingerprint density at radius 3 is 2.88 bits per heavy atom. The van der Waals surface area contributed by atoms with Crippen LogP contribution < -0.4 is 11.5 Å². The van der Waals surface area contributed by atoms with Gasteiger partial charge in [0.2, 0.25) is 0 Å². The van der Waals surface area contributed by atoms with Crippen molar-refractivity contribution < 1.29 is 4.74 Å². The number of ether oxygens (including phenoxy) is 1. The number of fused-ring (bicyclic) bond motifs is 1. The highest BCUT2D eigenvalue weighted by atomic mass is 32.2. The van der Waals surface area contributed by atoms with E-state index in [1.54, 1.807) is 24.7 Å². The van der Waals surface area contributed by atoms with Crippen molar-refractivity contribution in [3.8, 4) is 0 Å². The fourth-order valence-electron chi connectivity index (χ4n) is 4.08. The molecule has 2 fully saturated rings. The normalized spacial score (nSPS) is 20.1. The number of likely N-dealkylation sites (tertiary alicyclic amines) is 1. The van der Waals surface area contributed by atoms with Crippen LogP contribution in [0.1, 0.15) is 37.7 Å². The topological polar surface area (TPSA) is 139 Å². The summed E-state index contributed by atoms with van der Waals surface area (Å²) < 4.78 is 5.53. The Balaban J connectivity index is 1.40. The zero-order chi connectivity index (χ0) is 23.8. The molecule has 0 spiro atoms. The Morgan fingerprint density at radius 1 is 1.26 bits per heavy atom. The van der Waals surface area contributed by atoms with E-state index in [9.17, 15) is 0 Å². The number of allylic oxidation sites excluding steroid dienone is 1. The summed E-state index contributed by atoms with van der Waals surface area (Å²) in [6.45, 7) is 4.97. The van der Waals surface area contributed by atoms with Gasteiger partial charge in [-0.2, -0.15) is 0 Å². The van der Waals surface area contributed by atoms with Gasteiger partial charge in [-0.25, -0.2) is 9.98 Å². The predicted molar refractivity (Wildman–Crippen MR) is 141 cm³/mol. The minimum atomic E-state index is -0.182. The van der Waals surface area contributed by atoms with Gasteiger partial charge in [-0.05, 0) is 81.7 Å². The van der Waals surface area contributed by atoms with E-state index < -0.39 is 0 Å². The lowest BCUT2D eigenvalue weighted by molar-refractivity contribution is 0.160. The van der Waals surface area contributed by atoms with Gasteiger partial charge >= 0.3 is 0 Å². The minimum Gasteiger partial charge on any atom is -0.404 e. The molecule has 0 amide bonds. The van der Waals surface area contributed by atoms with Gasteiger partial charge in [0.15, 0.2) is 11.0 Å². The number of pyridine rings is 2. The van der Waals surface area contributed by atoms with Gasteiger partial charge in [0.25, 0.3) is 0 Å². The first kappa shape index (κ1) is 24.3. The zero-order valence-electron chi connectivity index (χ0n) is 19.3. The quantitative estimate of drug-likeness (QED) is 0.299. The molecule has 0 bridgehead atoms. The summed E-state index contributed by atoms with van der Waals surface area (Å²) in [7, 11) is 0. The highest BCUT2D eigenvalue weighted by Gasteiger charge is 2.21. The first-order valence-corrected chi connectivity index (χ1v) is 12.6. The second-order valence-electron chi connectivity index (χ2n) is 8.41. The molecule has 4 rings (SSSR count). The average Bonchev–Trinajstić information content (AvgIpc) is 3.55. The standard InChI is InChI=1S/C24H32N8OS/c25-14-18(15-28-8-4-11-32-9-1-2-10-32)17-13-20-19(29-16-17)6-7-22(30-20)31-24(27)34-23(26)21-5-3-12-33-21/h6-7,13-16,21,26H,1-5,8-12,25H2,(H2,27,30,31). The van der Waals surface area contributed by atoms with Crippen LogP contribution in [0.5, 0.6) is 0 Å². The van der Waals surface area contributed by atoms with Gasteiger partial charge in [-0.1, -0.05) is 0 Å². The maximum Gasteiger partial charge on any atom is 0.166 e. The fraction of sp³-hybridized carbons (Fsp3) is 0.458. The van der Waals surface area contributed by atoms with E-state index in [2.05, 4.69) is 24.9 Å². The molecule has 9 nitrogen and oxygen atoms in total. The van der Waals surface area contributed by atoms with E-state index in [4.69, 9.17) is 21.6 Å². The lowest BCUT2D eigenvalue weighted by Crippen LogP contribution is -2.20. The third-order valence-corrected chi connectivity index (χ3v) is 6.67. The summed E-state index contributed by atoms with van der Waals surface area (Å²) in [5, 5.41) is 8.79. The molecule has 0 aromatic carbocycles. The lowest BCUT2D eigenvalue weighted by atomic mass is 10.1. The molecule has 2 aromatic rings. The van der Waals surface area contributed by atoms with Crippen molar-refractivity contribution in [1.82, 2.24) is 14.9 Å². The summed E-state index contributed by atoms with van der Waals surface area (Å²) in [5.41, 5.74) is 15.0. The van der Waals surface area contributed by atoms with Crippen LogP contribution in [0.2, 0.25) is 0 Å². The van der Waals surface area contributed by atoms with Crippen LogP contribution in [0.3, 0.4) is 0 Å². The molecule has 2 aromatic heterocycles. The smallest absolute Gasteiger partial charge is 0.166 e. The van der Waals surface area contributed by atoms with Crippen LogP contribution in [0.25, 0.3) is 16.6 Å². The van der Waals surface area contributed by atoms with E-state index in [0.29, 0.717) is 23.0 Å². The molecule has 2 saturated heterocycles. The van der Waals surface area contributed by atoms with Gasteiger partial charge in [-0.3, -0.25) is 15.4 Å². The number of hydrogen-bond donors (Lipinski definition) is 3. The first-order valence-electron chi connectivity index (χ1n) is 11.8. The Kier molecular flexibility index (Phi) is 8.62. The van der Waals surface area contributed by atoms with Gasteiger partial charge in [0, 0.05) is 42.9 Å². The SMILES string of the molecule is N=C(SC(N)=Nc1ccc2ncc(C(C=NCCCN3CCCC3)=CN)cc2n1)C1CCCO1. The maximum absolute atomic E-state index is 8.15. The Labute approximate surface area is 204 Å². The number of aliphatic imine (C=N–C) groups is 2. The zero-order valence-corrected chi connectivity index (χ0v) is 20.1. The van der Waals surface area contributed by atoms with E-state index >= 15 is 0 Å². The first-order chi connectivity index (χ1) is 16.6. The number of nitrogens with one attached hydrogen (secondary N) is 1. The van der Waals surface area contributed by atoms with E-state index in [1.807, 2.05) is 12.1 Å². The van der Waals surface area contributed by atoms with Crippen molar-refractivity contribution in [2.24, 2.45) is 21.5 Å². The number of nitrogens with zero attached hydrogens (tertiary/aromatic N) is 5. The Hall–Kier alpha value is -2.82. The summed E-state index contributed by atoms with van der Waals surface area (Å²) in [6.07, 6.45) is 10.4. The molecular weight excluding hydrogens is 448 g/mol. The molecule has 4 heterocycles. The van der Waals surface area contributed by atoms with Gasteiger partial charge < -0.3 is 21.1 Å². The van der Waals surface area contributed by atoms with Crippen molar-refractivity contribution in [2.75, 3.05) is 32.8 Å². The average molecular weight is 481 g/mol. The van der Waals surface area contributed by atoms with E-state index in [0.717, 1.165) is 60.8 Å². The van der Waals surface area contributed by atoms with Gasteiger partial charge in [0.1, 0.15) is 11.1 Å². The molecule has 1 atom stereocenters. The van der Waals surface area contributed by atoms with Crippen LogP contribution in [0.15, 0.2) is 40.6 Å². The predicted octanol–water partition coefficient (Wildman–Crippen LogP) is 3.32. The molecule has 5 N–H and O–H groups in total. The number of hydrogen-bond acceptors (Lipinski definition) is 9. The van der Waals surface area contributed by atoms with E-state index in [1.165, 1.54) is 25.9 Å².